The summed E-state index contributed by atoms with van der Waals surface area (Å²) in [6.45, 7) is 0.682. The van der Waals surface area contributed by atoms with Gasteiger partial charge >= 0.3 is 0 Å². The average molecular weight is 351 g/mol. The van der Waals surface area contributed by atoms with Gasteiger partial charge in [0, 0.05) is 18.8 Å². The number of amides is 1. The fourth-order valence-corrected chi connectivity index (χ4v) is 3.49. The molecule has 0 radical (unpaired) electrons. The predicted molar refractivity (Wildman–Crippen MR) is 84.2 cm³/mol. The summed E-state index contributed by atoms with van der Waals surface area (Å²) in [5.41, 5.74) is 0.547. The maximum Gasteiger partial charge on any atom is 0.228 e. The van der Waals surface area contributed by atoms with E-state index in [0.717, 1.165) is 6.26 Å². The van der Waals surface area contributed by atoms with Crippen molar-refractivity contribution in [2.75, 3.05) is 24.7 Å². The minimum Gasteiger partial charge on any atom is -0.326 e. The third-order valence-electron chi connectivity index (χ3n) is 3.41. The fraction of sp³-hybridized carbons (Fsp3) is 0.462. The molecule has 1 heterocycles. The van der Waals surface area contributed by atoms with Crippen molar-refractivity contribution in [2.24, 2.45) is 5.92 Å². The zero-order valence-electron chi connectivity index (χ0n) is 11.5. The van der Waals surface area contributed by atoms with E-state index in [1.165, 1.54) is 4.31 Å². The number of rotatable bonds is 3. The van der Waals surface area contributed by atoms with Crippen LogP contribution in [0.5, 0.6) is 0 Å². The summed E-state index contributed by atoms with van der Waals surface area (Å²) < 4.78 is 24.5. The zero-order valence-corrected chi connectivity index (χ0v) is 13.8. The Balaban J connectivity index is 2.04. The number of piperidine rings is 1. The molecule has 1 aliphatic rings. The van der Waals surface area contributed by atoms with Crippen LogP contribution in [-0.2, 0) is 14.8 Å². The summed E-state index contributed by atoms with van der Waals surface area (Å²) in [7, 11) is -3.26. The molecule has 0 aliphatic carbocycles. The van der Waals surface area contributed by atoms with Gasteiger partial charge in [-0.15, -0.1) is 0 Å². The maximum atomic E-state index is 12.2. The standard InChI is InChI=1S/C13H16Cl2N2O3S/c1-21(19,20)17-6-2-3-9(8-17)13(18)16-10-4-5-11(14)12(15)7-10/h4-5,7,9H,2-3,6,8H2,1H3,(H,16,18)/t9-/m0/s1. The lowest BCUT2D eigenvalue weighted by Crippen LogP contribution is -2.43. The first kappa shape index (κ1) is 16.5. The van der Waals surface area contributed by atoms with Crippen LogP contribution in [0.15, 0.2) is 18.2 Å². The molecule has 0 aromatic heterocycles. The Hall–Kier alpha value is -0.820. The number of nitrogens with zero attached hydrogens (tertiary/aromatic N) is 1. The van der Waals surface area contributed by atoms with Gasteiger partial charge in [-0.05, 0) is 31.0 Å². The van der Waals surface area contributed by atoms with Crippen LogP contribution in [0.2, 0.25) is 10.0 Å². The van der Waals surface area contributed by atoms with Crippen molar-refractivity contribution in [1.82, 2.24) is 4.31 Å². The van der Waals surface area contributed by atoms with E-state index in [4.69, 9.17) is 23.2 Å². The molecule has 1 N–H and O–H groups in total. The Morgan fingerprint density at radius 3 is 2.67 bits per heavy atom. The number of anilines is 1. The number of hydrogen-bond acceptors (Lipinski definition) is 3. The van der Waals surface area contributed by atoms with Crippen molar-refractivity contribution in [1.29, 1.82) is 0 Å². The first-order valence-corrected chi connectivity index (χ1v) is 9.09. The van der Waals surface area contributed by atoms with E-state index in [9.17, 15) is 13.2 Å². The predicted octanol–water partition coefficient (Wildman–Crippen LogP) is 2.60. The van der Waals surface area contributed by atoms with Gasteiger partial charge < -0.3 is 5.32 Å². The van der Waals surface area contributed by atoms with Crippen LogP contribution in [0.1, 0.15) is 12.8 Å². The quantitative estimate of drug-likeness (QED) is 0.910. The van der Waals surface area contributed by atoms with E-state index in [2.05, 4.69) is 5.32 Å². The number of carbonyl (C=O) groups is 1. The molecule has 1 saturated heterocycles. The summed E-state index contributed by atoms with van der Waals surface area (Å²) in [5.74, 6) is -0.565. The van der Waals surface area contributed by atoms with Crippen molar-refractivity contribution >= 4 is 44.8 Å². The summed E-state index contributed by atoms with van der Waals surface area (Å²) >= 11 is 11.7. The SMILES string of the molecule is CS(=O)(=O)N1CCC[C@H](C(=O)Nc2ccc(Cl)c(Cl)c2)C1. The summed E-state index contributed by atoms with van der Waals surface area (Å²) in [5, 5.41) is 3.52. The van der Waals surface area contributed by atoms with Crippen molar-refractivity contribution in [2.45, 2.75) is 12.8 Å². The first-order valence-electron chi connectivity index (χ1n) is 6.48. The first-order chi connectivity index (χ1) is 9.77. The Morgan fingerprint density at radius 2 is 2.05 bits per heavy atom. The molecule has 2 rings (SSSR count). The molecular formula is C13H16Cl2N2O3S. The topological polar surface area (TPSA) is 66.5 Å². The Morgan fingerprint density at radius 1 is 1.33 bits per heavy atom. The summed E-state index contributed by atoms with van der Waals surface area (Å²) in [6, 6.07) is 4.82. The van der Waals surface area contributed by atoms with Gasteiger partial charge in [0.05, 0.1) is 22.2 Å². The third kappa shape index (κ3) is 4.32. The maximum absolute atomic E-state index is 12.2. The van der Waals surface area contributed by atoms with Gasteiger partial charge in [-0.3, -0.25) is 4.79 Å². The zero-order chi connectivity index (χ0) is 15.6. The highest BCUT2D eigenvalue weighted by molar-refractivity contribution is 7.88. The molecule has 1 aromatic carbocycles. The van der Waals surface area contributed by atoms with Gasteiger partial charge in [0.1, 0.15) is 0 Å². The molecule has 1 aromatic rings. The van der Waals surface area contributed by atoms with E-state index in [0.29, 0.717) is 35.1 Å². The van der Waals surface area contributed by atoms with Gasteiger partial charge in [0.25, 0.3) is 0 Å². The van der Waals surface area contributed by atoms with Crippen LogP contribution in [0.25, 0.3) is 0 Å². The minimum atomic E-state index is -3.26. The number of halogens is 2. The smallest absolute Gasteiger partial charge is 0.228 e. The van der Waals surface area contributed by atoms with Crippen molar-refractivity contribution in [3.63, 3.8) is 0 Å². The van der Waals surface area contributed by atoms with Crippen LogP contribution < -0.4 is 5.32 Å². The highest BCUT2D eigenvalue weighted by Gasteiger charge is 2.30. The molecule has 116 valence electrons. The Bertz CT molecular complexity index is 649. The highest BCUT2D eigenvalue weighted by atomic mass is 35.5. The lowest BCUT2D eigenvalue weighted by molar-refractivity contribution is -0.120. The van der Waals surface area contributed by atoms with Crippen LogP contribution in [0, 0.1) is 5.92 Å². The Labute approximate surface area is 134 Å². The summed E-state index contributed by atoms with van der Waals surface area (Å²) in [4.78, 5) is 12.2. The van der Waals surface area contributed by atoms with Gasteiger partial charge in [0.2, 0.25) is 15.9 Å². The largest absolute Gasteiger partial charge is 0.326 e. The summed E-state index contributed by atoms with van der Waals surface area (Å²) in [6.07, 6.45) is 2.50. The van der Waals surface area contributed by atoms with Crippen LogP contribution in [-0.4, -0.2) is 38.0 Å². The minimum absolute atomic E-state index is 0.207. The molecule has 0 saturated carbocycles. The molecule has 1 aliphatic heterocycles. The molecule has 0 spiro atoms. The Kier molecular flexibility index (Phi) is 5.14. The van der Waals surface area contributed by atoms with Gasteiger partial charge in [-0.25, -0.2) is 12.7 Å². The molecule has 0 bridgehead atoms. The van der Waals surface area contributed by atoms with Crippen molar-refractivity contribution in [3.05, 3.63) is 28.2 Å². The van der Waals surface area contributed by atoms with Gasteiger partial charge in [-0.1, -0.05) is 23.2 Å². The third-order valence-corrected chi connectivity index (χ3v) is 5.42. The van der Waals surface area contributed by atoms with Crippen molar-refractivity contribution < 1.29 is 13.2 Å². The second kappa shape index (κ2) is 6.52. The molecule has 0 unspecified atom stereocenters. The van der Waals surface area contributed by atoms with E-state index in [1.807, 2.05) is 0 Å². The van der Waals surface area contributed by atoms with E-state index >= 15 is 0 Å². The van der Waals surface area contributed by atoms with Crippen LogP contribution in [0.4, 0.5) is 5.69 Å². The normalized spacial score (nSPS) is 20.2. The van der Waals surface area contributed by atoms with E-state index < -0.39 is 10.0 Å². The average Bonchev–Trinajstić information content (AvgIpc) is 2.42. The van der Waals surface area contributed by atoms with Gasteiger partial charge in [-0.2, -0.15) is 0 Å². The van der Waals surface area contributed by atoms with Crippen LogP contribution >= 0.6 is 23.2 Å². The second-order valence-electron chi connectivity index (χ2n) is 5.08. The molecule has 1 amide bonds. The second-order valence-corrected chi connectivity index (χ2v) is 7.88. The fourth-order valence-electron chi connectivity index (χ4n) is 2.28. The molecule has 21 heavy (non-hydrogen) atoms. The molecule has 5 nitrogen and oxygen atoms in total. The number of nitrogens with one attached hydrogen (secondary N) is 1. The number of benzene rings is 1. The highest BCUT2D eigenvalue weighted by Crippen LogP contribution is 2.26. The monoisotopic (exact) mass is 350 g/mol. The molecule has 1 fully saturated rings. The number of sulfonamides is 1. The van der Waals surface area contributed by atoms with E-state index in [-0.39, 0.29) is 18.4 Å². The molecule has 1 atom stereocenters. The molecular weight excluding hydrogens is 335 g/mol. The van der Waals surface area contributed by atoms with Gasteiger partial charge in [0.15, 0.2) is 0 Å². The van der Waals surface area contributed by atoms with E-state index in [1.54, 1.807) is 18.2 Å². The number of carbonyl (C=O) groups excluding carboxylic acids is 1. The van der Waals surface area contributed by atoms with Crippen molar-refractivity contribution in [3.8, 4) is 0 Å². The molecule has 8 heteroatoms. The lowest BCUT2D eigenvalue weighted by atomic mass is 9.99. The van der Waals surface area contributed by atoms with Crippen LogP contribution in [0.3, 0.4) is 0 Å². The lowest BCUT2D eigenvalue weighted by Gasteiger charge is -2.30. The number of hydrogen-bond donors (Lipinski definition) is 1.